The molecule has 0 aliphatic heterocycles. The van der Waals surface area contributed by atoms with Gasteiger partial charge >= 0.3 is 0 Å². The fourth-order valence-electron chi connectivity index (χ4n) is 1.25. The smallest absolute Gasteiger partial charge is 0.181 e. The molecule has 2 N–H and O–H groups in total. The Morgan fingerprint density at radius 3 is 2.64 bits per heavy atom. The maximum atomic E-state index is 5.53. The van der Waals surface area contributed by atoms with Crippen molar-refractivity contribution < 1.29 is 4.42 Å². The van der Waals surface area contributed by atoms with E-state index in [9.17, 15) is 0 Å². The fourth-order valence-corrected chi connectivity index (χ4v) is 1.51. The normalized spacial score (nSPS) is 10.4. The van der Waals surface area contributed by atoms with Crippen molar-refractivity contribution in [3.8, 4) is 11.3 Å². The second-order valence-corrected chi connectivity index (χ2v) is 3.75. The average molecular weight is 253 g/mol. The minimum atomic E-state index is 0.391. The summed E-state index contributed by atoms with van der Waals surface area (Å²) >= 11 is 3.37. The van der Waals surface area contributed by atoms with E-state index >= 15 is 0 Å². The summed E-state index contributed by atoms with van der Waals surface area (Å²) in [4.78, 5) is 4.03. The van der Waals surface area contributed by atoms with Crippen LogP contribution in [0.15, 0.2) is 39.5 Å². The molecule has 1 aromatic heterocycles. The summed E-state index contributed by atoms with van der Waals surface area (Å²) < 4.78 is 6.31. The first-order valence-corrected chi connectivity index (χ1v) is 4.99. The molecule has 0 saturated carbocycles. The number of oxazole rings is 1. The second-order valence-electron chi connectivity index (χ2n) is 2.84. The fraction of sp³-hybridized carbons (Fsp3) is 0.100. The predicted molar refractivity (Wildman–Crippen MR) is 57.5 cm³/mol. The van der Waals surface area contributed by atoms with Gasteiger partial charge in [0.25, 0.3) is 0 Å². The number of hydrogen-bond acceptors (Lipinski definition) is 3. The summed E-state index contributed by atoms with van der Waals surface area (Å²) in [5.41, 5.74) is 7.31. The highest BCUT2D eigenvalue weighted by Gasteiger charge is 2.08. The number of halogens is 1. The van der Waals surface area contributed by atoms with Crippen molar-refractivity contribution in [3.05, 3.63) is 40.8 Å². The lowest BCUT2D eigenvalue weighted by molar-refractivity contribution is 0.571. The molecule has 0 aliphatic rings. The van der Waals surface area contributed by atoms with Crippen molar-refractivity contribution in [2.24, 2.45) is 5.73 Å². The van der Waals surface area contributed by atoms with Crippen LogP contribution in [-0.4, -0.2) is 4.98 Å². The van der Waals surface area contributed by atoms with Crippen LogP contribution in [0.25, 0.3) is 11.3 Å². The third-order valence-electron chi connectivity index (χ3n) is 1.94. The lowest BCUT2D eigenvalue weighted by Crippen LogP contribution is -1.97. The maximum Gasteiger partial charge on any atom is 0.181 e. The highest BCUT2D eigenvalue weighted by Crippen LogP contribution is 2.24. The first-order valence-electron chi connectivity index (χ1n) is 4.19. The second kappa shape index (κ2) is 3.94. The molecule has 2 aromatic rings. The minimum Gasteiger partial charge on any atom is -0.443 e. The van der Waals surface area contributed by atoms with E-state index in [1.165, 1.54) is 6.39 Å². The van der Waals surface area contributed by atoms with E-state index in [4.69, 9.17) is 10.2 Å². The number of benzene rings is 1. The summed E-state index contributed by atoms with van der Waals surface area (Å²) in [5, 5.41) is 0. The molecule has 0 fully saturated rings. The highest BCUT2D eigenvalue weighted by atomic mass is 79.9. The Bertz CT molecular complexity index is 422. The van der Waals surface area contributed by atoms with Crippen molar-refractivity contribution in [2.75, 3.05) is 0 Å². The molecule has 0 spiro atoms. The maximum absolute atomic E-state index is 5.53. The average Bonchev–Trinajstić information content (AvgIpc) is 2.67. The lowest BCUT2D eigenvalue weighted by atomic mass is 10.1. The molecular weight excluding hydrogens is 244 g/mol. The van der Waals surface area contributed by atoms with Gasteiger partial charge in [-0.25, -0.2) is 4.98 Å². The highest BCUT2D eigenvalue weighted by molar-refractivity contribution is 9.10. The molecule has 3 nitrogen and oxygen atoms in total. The van der Waals surface area contributed by atoms with Crippen LogP contribution in [0.3, 0.4) is 0 Å². The molecule has 0 aliphatic carbocycles. The molecule has 0 amide bonds. The summed E-state index contributed by atoms with van der Waals surface area (Å²) in [6.07, 6.45) is 1.42. The SMILES string of the molecule is NCc1ncoc1-c1ccc(Br)cc1. The Balaban J connectivity index is 2.44. The molecule has 0 saturated heterocycles. The Morgan fingerprint density at radius 2 is 2.00 bits per heavy atom. The molecular formula is C10H9BrN2O. The largest absolute Gasteiger partial charge is 0.443 e. The van der Waals surface area contributed by atoms with E-state index < -0.39 is 0 Å². The van der Waals surface area contributed by atoms with Gasteiger partial charge in [-0.05, 0) is 12.1 Å². The van der Waals surface area contributed by atoms with Gasteiger partial charge in [-0.2, -0.15) is 0 Å². The molecule has 14 heavy (non-hydrogen) atoms. The number of nitrogens with zero attached hydrogens (tertiary/aromatic N) is 1. The van der Waals surface area contributed by atoms with Gasteiger partial charge in [0.15, 0.2) is 12.2 Å². The molecule has 0 unspecified atom stereocenters. The zero-order valence-corrected chi connectivity index (χ0v) is 8.99. The van der Waals surface area contributed by atoms with Gasteiger partial charge in [-0.3, -0.25) is 0 Å². The van der Waals surface area contributed by atoms with Gasteiger partial charge in [0, 0.05) is 16.6 Å². The zero-order chi connectivity index (χ0) is 9.97. The van der Waals surface area contributed by atoms with E-state index in [1.807, 2.05) is 24.3 Å². The third-order valence-corrected chi connectivity index (χ3v) is 2.47. The molecule has 2 rings (SSSR count). The van der Waals surface area contributed by atoms with Gasteiger partial charge in [-0.1, -0.05) is 28.1 Å². The Morgan fingerprint density at radius 1 is 1.29 bits per heavy atom. The zero-order valence-electron chi connectivity index (χ0n) is 7.40. The molecule has 0 atom stereocenters. The Hall–Kier alpha value is -1.13. The standard InChI is InChI=1S/C10H9BrN2O/c11-8-3-1-7(2-4-8)10-9(5-12)13-6-14-10/h1-4,6H,5,12H2. The van der Waals surface area contributed by atoms with Crippen LogP contribution in [0.1, 0.15) is 5.69 Å². The van der Waals surface area contributed by atoms with E-state index in [0.29, 0.717) is 6.54 Å². The number of nitrogens with two attached hydrogens (primary N) is 1. The summed E-state index contributed by atoms with van der Waals surface area (Å²) in [6, 6.07) is 7.84. The first-order chi connectivity index (χ1) is 6.81. The van der Waals surface area contributed by atoms with Crippen LogP contribution in [0.4, 0.5) is 0 Å². The molecule has 0 radical (unpaired) electrons. The summed E-state index contributed by atoms with van der Waals surface area (Å²) in [5.74, 6) is 0.750. The van der Waals surface area contributed by atoms with Gasteiger partial charge in [0.05, 0.1) is 0 Å². The van der Waals surface area contributed by atoms with Crippen LogP contribution in [-0.2, 0) is 6.54 Å². The lowest BCUT2D eigenvalue weighted by Gasteiger charge is -1.98. The topological polar surface area (TPSA) is 52.0 Å². The monoisotopic (exact) mass is 252 g/mol. The number of rotatable bonds is 2. The Kier molecular flexibility index (Phi) is 2.65. The molecule has 0 bridgehead atoms. The van der Waals surface area contributed by atoms with Crippen LogP contribution < -0.4 is 5.73 Å². The molecule has 72 valence electrons. The van der Waals surface area contributed by atoms with E-state index in [2.05, 4.69) is 20.9 Å². The molecule has 4 heteroatoms. The predicted octanol–water partition coefficient (Wildman–Crippen LogP) is 2.56. The van der Waals surface area contributed by atoms with Gasteiger partial charge < -0.3 is 10.2 Å². The molecule has 1 heterocycles. The van der Waals surface area contributed by atoms with E-state index in [1.54, 1.807) is 0 Å². The molecule has 1 aromatic carbocycles. The minimum absolute atomic E-state index is 0.391. The first kappa shape index (κ1) is 9.43. The van der Waals surface area contributed by atoms with Crippen LogP contribution in [0.2, 0.25) is 0 Å². The van der Waals surface area contributed by atoms with Crippen LogP contribution in [0.5, 0.6) is 0 Å². The Labute approximate surface area is 90.1 Å². The van der Waals surface area contributed by atoms with Gasteiger partial charge in [0.1, 0.15) is 5.69 Å². The van der Waals surface area contributed by atoms with Crippen LogP contribution >= 0.6 is 15.9 Å². The van der Waals surface area contributed by atoms with Crippen LogP contribution in [0, 0.1) is 0 Å². The van der Waals surface area contributed by atoms with Gasteiger partial charge in [0.2, 0.25) is 0 Å². The van der Waals surface area contributed by atoms with E-state index in [-0.39, 0.29) is 0 Å². The summed E-state index contributed by atoms with van der Waals surface area (Å²) in [6.45, 7) is 0.391. The van der Waals surface area contributed by atoms with Crippen molar-refractivity contribution in [1.82, 2.24) is 4.98 Å². The number of aromatic nitrogens is 1. The van der Waals surface area contributed by atoms with E-state index in [0.717, 1.165) is 21.5 Å². The number of hydrogen-bond donors (Lipinski definition) is 1. The van der Waals surface area contributed by atoms with Crippen molar-refractivity contribution >= 4 is 15.9 Å². The van der Waals surface area contributed by atoms with Gasteiger partial charge in [-0.15, -0.1) is 0 Å². The van der Waals surface area contributed by atoms with Crippen molar-refractivity contribution in [2.45, 2.75) is 6.54 Å². The summed E-state index contributed by atoms with van der Waals surface area (Å²) in [7, 11) is 0. The third kappa shape index (κ3) is 1.71. The van der Waals surface area contributed by atoms with Crippen molar-refractivity contribution in [1.29, 1.82) is 0 Å². The van der Waals surface area contributed by atoms with Crippen molar-refractivity contribution in [3.63, 3.8) is 0 Å². The quantitative estimate of drug-likeness (QED) is 0.894.